The average molecular weight is 198 g/mol. The molecule has 0 aliphatic carbocycles. The van der Waals surface area contributed by atoms with Crippen molar-refractivity contribution in [1.29, 1.82) is 0 Å². The quantitative estimate of drug-likeness (QED) is 0.571. The van der Waals surface area contributed by atoms with Crippen molar-refractivity contribution >= 4 is 6.03 Å². The number of H-pyrrole nitrogens is 1. The molecule has 1 heterocycles. The molecule has 78 valence electrons. The maximum absolute atomic E-state index is 11.1. The highest BCUT2D eigenvalue weighted by Gasteiger charge is 2.01. The summed E-state index contributed by atoms with van der Waals surface area (Å²) in [4.78, 5) is 11.1. The number of aromatic amines is 1. The molecule has 7 nitrogen and oxygen atoms in total. The van der Waals surface area contributed by atoms with Crippen LogP contribution in [0.5, 0.6) is 0 Å². The van der Waals surface area contributed by atoms with Gasteiger partial charge in [0.05, 0.1) is 6.54 Å². The summed E-state index contributed by atoms with van der Waals surface area (Å²) >= 11 is 0. The Bertz CT molecular complexity index is 259. The molecule has 0 bridgehead atoms. The highest BCUT2D eigenvalue weighted by molar-refractivity contribution is 5.73. The lowest BCUT2D eigenvalue weighted by Crippen LogP contribution is -2.35. The molecule has 0 atom stereocenters. The Balaban J connectivity index is 2.09. The number of hydrogen-bond acceptors (Lipinski definition) is 4. The van der Waals surface area contributed by atoms with E-state index >= 15 is 0 Å². The molecule has 3 N–H and O–H groups in total. The van der Waals surface area contributed by atoms with Gasteiger partial charge in [0, 0.05) is 6.54 Å². The van der Waals surface area contributed by atoms with Gasteiger partial charge >= 0.3 is 6.03 Å². The van der Waals surface area contributed by atoms with Gasteiger partial charge in [0.25, 0.3) is 0 Å². The first-order valence-electron chi connectivity index (χ1n) is 4.57. The number of nitrogens with zero attached hydrogens (tertiary/aromatic N) is 3. The second-order valence-electron chi connectivity index (χ2n) is 2.79. The van der Waals surface area contributed by atoms with Crippen LogP contribution in [0.2, 0.25) is 0 Å². The Morgan fingerprint density at radius 1 is 1.50 bits per heavy atom. The summed E-state index contributed by atoms with van der Waals surface area (Å²) < 4.78 is 0. The molecule has 0 radical (unpaired) electrons. The molecule has 1 aromatic heterocycles. The normalized spacial score (nSPS) is 9.79. The molecule has 0 saturated heterocycles. The van der Waals surface area contributed by atoms with E-state index in [0.29, 0.717) is 12.4 Å². The third-order valence-electron chi connectivity index (χ3n) is 1.61. The number of nitrogens with one attached hydrogen (secondary N) is 3. The van der Waals surface area contributed by atoms with E-state index in [4.69, 9.17) is 0 Å². The predicted molar refractivity (Wildman–Crippen MR) is 49.3 cm³/mol. The highest BCUT2D eigenvalue weighted by Crippen LogP contribution is 1.83. The van der Waals surface area contributed by atoms with Crippen molar-refractivity contribution in [2.45, 2.75) is 26.3 Å². The molecule has 14 heavy (non-hydrogen) atoms. The summed E-state index contributed by atoms with van der Waals surface area (Å²) in [6.07, 6.45) is 2.04. The molecule has 1 aromatic rings. The zero-order chi connectivity index (χ0) is 10.2. The van der Waals surface area contributed by atoms with Gasteiger partial charge in [-0.1, -0.05) is 18.6 Å². The lowest BCUT2D eigenvalue weighted by Gasteiger charge is -2.04. The number of amides is 2. The van der Waals surface area contributed by atoms with Crippen LogP contribution in [-0.2, 0) is 6.54 Å². The first-order chi connectivity index (χ1) is 6.83. The van der Waals surface area contributed by atoms with Crippen LogP contribution in [-0.4, -0.2) is 33.2 Å². The zero-order valence-corrected chi connectivity index (χ0v) is 8.08. The standard InChI is InChI=1S/C7H14N6O/c1-2-3-4-8-7(14)9-5-6-10-12-13-11-6/h2-5H2,1H3,(H2,8,9,14)(H,10,11,12,13). The molecular formula is C7H14N6O. The lowest BCUT2D eigenvalue weighted by molar-refractivity contribution is 0.240. The smallest absolute Gasteiger partial charge is 0.315 e. The van der Waals surface area contributed by atoms with Crippen molar-refractivity contribution in [3.05, 3.63) is 5.82 Å². The second kappa shape index (κ2) is 5.90. The first-order valence-corrected chi connectivity index (χ1v) is 4.57. The van der Waals surface area contributed by atoms with Crippen molar-refractivity contribution in [2.24, 2.45) is 0 Å². The van der Waals surface area contributed by atoms with E-state index < -0.39 is 0 Å². The maximum Gasteiger partial charge on any atom is 0.315 e. The third-order valence-corrected chi connectivity index (χ3v) is 1.61. The predicted octanol–water partition coefficient (Wildman–Crippen LogP) is -0.201. The molecule has 0 aromatic carbocycles. The Morgan fingerprint density at radius 3 is 3.00 bits per heavy atom. The van der Waals surface area contributed by atoms with Crippen molar-refractivity contribution in [1.82, 2.24) is 31.3 Å². The van der Waals surface area contributed by atoms with E-state index in [9.17, 15) is 4.79 Å². The van der Waals surface area contributed by atoms with Gasteiger partial charge in [-0.05, 0) is 6.42 Å². The van der Waals surface area contributed by atoms with Crippen LogP contribution in [0.1, 0.15) is 25.6 Å². The van der Waals surface area contributed by atoms with Gasteiger partial charge in [-0.25, -0.2) is 4.79 Å². The minimum Gasteiger partial charge on any atom is -0.338 e. The molecule has 7 heteroatoms. The number of tetrazole rings is 1. The number of carbonyl (C=O) groups excluding carboxylic acids is 1. The topological polar surface area (TPSA) is 95.6 Å². The van der Waals surface area contributed by atoms with Crippen molar-refractivity contribution < 1.29 is 4.79 Å². The first kappa shape index (κ1) is 10.4. The van der Waals surface area contributed by atoms with Gasteiger partial charge in [0.1, 0.15) is 0 Å². The van der Waals surface area contributed by atoms with Gasteiger partial charge < -0.3 is 10.6 Å². The summed E-state index contributed by atoms with van der Waals surface area (Å²) in [6.45, 7) is 3.04. The molecule has 1 rings (SSSR count). The van der Waals surface area contributed by atoms with E-state index in [-0.39, 0.29) is 12.6 Å². The third kappa shape index (κ3) is 3.83. The van der Waals surface area contributed by atoms with Crippen LogP contribution in [0, 0.1) is 0 Å². The number of carbonyl (C=O) groups is 1. The second-order valence-corrected chi connectivity index (χ2v) is 2.79. The van der Waals surface area contributed by atoms with Gasteiger partial charge in [0.2, 0.25) is 0 Å². The molecule has 0 saturated carbocycles. The fraction of sp³-hybridized carbons (Fsp3) is 0.714. The molecule has 0 spiro atoms. The summed E-state index contributed by atoms with van der Waals surface area (Å²) in [5, 5.41) is 18.4. The minimum absolute atomic E-state index is 0.205. The van der Waals surface area contributed by atoms with Gasteiger partial charge in [-0.15, -0.1) is 10.2 Å². The molecule has 2 amide bonds. The average Bonchev–Trinajstić information content (AvgIpc) is 2.68. The summed E-state index contributed by atoms with van der Waals surface area (Å²) in [7, 11) is 0. The molecule has 0 aliphatic heterocycles. The van der Waals surface area contributed by atoms with Crippen molar-refractivity contribution in [3.8, 4) is 0 Å². The Kier molecular flexibility index (Phi) is 4.39. The highest BCUT2D eigenvalue weighted by atomic mass is 16.2. The summed E-state index contributed by atoms with van der Waals surface area (Å²) in [5.74, 6) is 0.468. The van der Waals surface area contributed by atoms with Gasteiger partial charge in [-0.2, -0.15) is 5.21 Å². The van der Waals surface area contributed by atoms with Crippen LogP contribution in [0.4, 0.5) is 4.79 Å². The Hall–Kier alpha value is -1.66. The number of urea groups is 1. The van der Waals surface area contributed by atoms with E-state index in [1.807, 2.05) is 0 Å². The van der Waals surface area contributed by atoms with Gasteiger partial charge in [-0.3, -0.25) is 0 Å². The van der Waals surface area contributed by atoms with Gasteiger partial charge in [0.15, 0.2) is 5.82 Å². The number of aromatic nitrogens is 4. The largest absolute Gasteiger partial charge is 0.338 e. The number of rotatable bonds is 5. The van der Waals surface area contributed by atoms with E-state index in [1.165, 1.54) is 0 Å². The minimum atomic E-state index is -0.205. The van der Waals surface area contributed by atoms with E-state index in [0.717, 1.165) is 12.8 Å². The van der Waals surface area contributed by atoms with Crippen LogP contribution < -0.4 is 10.6 Å². The van der Waals surface area contributed by atoms with Crippen molar-refractivity contribution in [3.63, 3.8) is 0 Å². The van der Waals surface area contributed by atoms with E-state index in [2.05, 4.69) is 38.2 Å². The van der Waals surface area contributed by atoms with Crippen LogP contribution in [0.3, 0.4) is 0 Å². The van der Waals surface area contributed by atoms with Crippen molar-refractivity contribution in [2.75, 3.05) is 6.54 Å². The van der Waals surface area contributed by atoms with E-state index in [1.54, 1.807) is 0 Å². The molecule has 0 unspecified atom stereocenters. The number of hydrogen-bond donors (Lipinski definition) is 3. The Labute approximate surface area is 81.7 Å². The molecule has 0 fully saturated rings. The monoisotopic (exact) mass is 198 g/mol. The lowest BCUT2D eigenvalue weighted by atomic mass is 10.3. The Morgan fingerprint density at radius 2 is 2.36 bits per heavy atom. The fourth-order valence-electron chi connectivity index (χ4n) is 0.858. The number of unbranched alkanes of at least 4 members (excludes halogenated alkanes) is 1. The SMILES string of the molecule is CCCCNC(=O)NCc1nn[nH]n1. The molecular weight excluding hydrogens is 184 g/mol. The zero-order valence-electron chi connectivity index (χ0n) is 8.08. The summed E-state index contributed by atoms with van der Waals surface area (Å²) in [6, 6.07) is -0.205. The van der Waals surface area contributed by atoms with Crippen LogP contribution in [0.15, 0.2) is 0 Å². The maximum atomic E-state index is 11.1. The summed E-state index contributed by atoms with van der Waals surface area (Å²) in [5.41, 5.74) is 0. The molecule has 0 aliphatic rings. The fourth-order valence-corrected chi connectivity index (χ4v) is 0.858. The van der Waals surface area contributed by atoms with Crippen LogP contribution >= 0.6 is 0 Å². The van der Waals surface area contributed by atoms with Crippen LogP contribution in [0.25, 0.3) is 0 Å².